The van der Waals surface area contributed by atoms with Gasteiger partial charge in [0.1, 0.15) is 10.2 Å². The maximum Gasteiger partial charge on any atom is 0.253 e. The molecule has 0 fully saturated rings. The lowest BCUT2D eigenvalue weighted by Gasteiger charge is -2.02. The van der Waals surface area contributed by atoms with Gasteiger partial charge in [0.15, 0.2) is 0 Å². The molecule has 0 unspecified atom stereocenters. The number of thiophene rings is 1. The van der Waals surface area contributed by atoms with E-state index in [4.69, 9.17) is 23.2 Å². The quantitative estimate of drug-likeness (QED) is 0.909. The van der Waals surface area contributed by atoms with Crippen molar-refractivity contribution in [1.82, 2.24) is 15.3 Å². The molecule has 0 aliphatic heterocycles. The highest BCUT2D eigenvalue weighted by Gasteiger charge is 2.13. The molecule has 0 spiro atoms. The summed E-state index contributed by atoms with van der Waals surface area (Å²) in [5, 5.41) is 2.76. The van der Waals surface area contributed by atoms with Gasteiger partial charge in [-0.15, -0.1) is 11.3 Å². The minimum Gasteiger partial charge on any atom is -0.352 e. The van der Waals surface area contributed by atoms with Crippen LogP contribution in [0.3, 0.4) is 0 Å². The number of nitrogens with zero attached hydrogens (tertiary/aromatic N) is 1. The molecule has 2 N–H and O–H groups in total. The Morgan fingerprint density at radius 1 is 1.53 bits per heavy atom. The Hall–Kier alpha value is -1.04. The van der Waals surface area contributed by atoms with Crippen LogP contribution in [0, 0.1) is 0 Å². The average Bonchev–Trinajstić information content (AvgIpc) is 2.88. The second-order valence-corrected chi connectivity index (χ2v) is 5.57. The van der Waals surface area contributed by atoms with Crippen molar-refractivity contribution in [2.45, 2.75) is 6.42 Å². The number of aromatic nitrogens is 2. The number of amides is 1. The van der Waals surface area contributed by atoms with E-state index < -0.39 is 0 Å². The van der Waals surface area contributed by atoms with Crippen molar-refractivity contribution in [3.05, 3.63) is 38.5 Å². The third-order valence-corrected chi connectivity index (χ3v) is 3.59. The zero-order valence-electron chi connectivity index (χ0n) is 8.67. The lowest BCUT2D eigenvalue weighted by Crippen LogP contribution is -2.25. The summed E-state index contributed by atoms with van der Waals surface area (Å²) in [5.41, 5.74) is 0.418. The molecule has 2 aromatic heterocycles. The topological polar surface area (TPSA) is 57.8 Å². The summed E-state index contributed by atoms with van der Waals surface area (Å²) >= 11 is 12.8. The van der Waals surface area contributed by atoms with E-state index >= 15 is 0 Å². The van der Waals surface area contributed by atoms with Crippen LogP contribution in [0.1, 0.15) is 16.2 Å². The smallest absolute Gasteiger partial charge is 0.253 e. The summed E-state index contributed by atoms with van der Waals surface area (Å²) in [5.74, 6) is 0.615. The monoisotopic (exact) mass is 289 g/mol. The zero-order chi connectivity index (χ0) is 12.3. The maximum atomic E-state index is 11.7. The predicted octanol–water partition coefficient (Wildman–Crippen LogP) is 2.75. The molecule has 0 saturated carbocycles. The molecule has 0 aliphatic rings. The molecule has 0 bridgehead atoms. The van der Waals surface area contributed by atoms with E-state index in [0.29, 0.717) is 27.2 Å². The van der Waals surface area contributed by atoms with Crippen LogP contribution in [0.2, 0.25) is 8.67 Å². The summed E-state index contributed by atoms with van der Waals surface area (Å²) in [6.07, 6.45) is 4.06. The Balaban J connectivity index is 1.87. The van der Waals surface area contributed by atoms with Crippen LogP contribution in [0.4, 0.5) is 0 Å². The minimum absolute atomic E-state index is 0.218. The van der Waals surface area contributed by atoms with Crippen molar-refractivity contribution >= 4 is 40.4 Å². The predicted molar refractivity (Wildman–Crippen MR) is 69.0 cm³/mol. The van der Waals surface area contributed by atoms with E-state index in [0.717, 1.165) is 5.82 Å². The molecule has 0 atom stereocenters. The molecule has 1 amide bonds. The van der Waals surface area contributed by atoms with Gasteiger partial charge < -0.3 is 10.3 Å². The second-order valence-electron chi connectivity index (χ2n) is 3.28. The highest BCUT2D eigenvalue weighted by atomic mass is 35.5. The molecule has 17 heavy (non-hydrogen) atoms. The van der Waals surface area contributed by atoms with Gasteiger partial charge in [-0.05, 0) is 6.07 Å². The summed E-state index contributed by atoms with van der Waals surface area (Å²) in [6, 6.07) is 1.57. The van der Waals surface area contributed by atoms with Gasteiger partial charge in [-0.25, -0.2) is 4.98 Å². The van der Waals surface area contributed by atoms with Crippen LogP contribution in [0.15, 0.2) is 18.5 Å². The molecule has 7 heteroatoms. The number of aromatic amines is 1. The number of rotatable bonds is 4. The van der Waals surface area contributed by atoms with Gasteiger partial charge in [-0.1, -0.05) is 23.2 Å². The van der Waals surface area contributed by atoms with Crippen LogP contribution in [-0.2, 0) is 6.42 Å². The molecular weight excluding hydrogens is 281 g/mol. The van der Waals surface area contributed by atoms with Gasteiger partial charge in [-0.3, -0.25) is 4.79 Å². The molecule has 0 aromatic carbocycles. The number of hydrogen-bond acceptors (Lipinski definition) is 3. The SMILES string of the molecule is O=C(NCCc1ncc[nH]1)c1cc(Cl)sc1Cl. The molecule has 2 heterocycles. The van der Waals surface area contributed by atoms with Crippen molar-refractivity contribution in [2.24, 2.45) is 0 Å². The molecular formula is C10H9Cl2N3OS. The van der Waals surface area contributed by atoms with Crippen molar-refractivity contribution in [2.75, 3.05) is 6.54 Å². The van der Waals surface area contributed by atoms with E-state index in [2.05, 4.69) is 15.3 Å². The standard InChI is InChI=1S/C10H9Cl2N3OS/c11-7-5-6(9(12)17-7)10(16)15-2-1-8-13-3-4-14-8/h3-5H,1-2H2,(H,13,14)(H,15,16). The number of carbonyl (C=O) groups excluding carboxylic acids is 1. The van der Waals surface area contributed by atoms with Crippen molar-refractivity contribution in [1.29, 1.82) is 0 Å². The Morgan fingerprint density at radius 2 is 2.35 bits per heavy atom. The van der Waals surface area contributed by atoms with Gasteiger partial charge in [-0.2, -0.15) is 0 Å². The number of nitrogens with one attached hydrogen (secondary N) is 2. The number of halogens is 2. The van der Waals surface area contributed by atoms with Gasteiger partial charge >= 0.3 is 0 Å². The molecule has 4 nitrogen and oxygen atoms in total. The summed E-state index contributed by atoms with van der Waals surface area (Å²) in [7, 11) is 0. The van der Waals surface area contributed by atoms with E-state index in [1.54, 1.807) is 18.5 Å². The van der Waals surface area contributed by atoms with E-state index in [1.807, 2.05) is 0 Å². The lowest BCUT2D eigenvalue weighted by molar-refractivity contribution is 0.0954. The van der Waals surface area contributed by atoms with Crippen molar-refractivity contribution in [3.63, 3.8) is 0 Å². The van der Waals surface area contributed by atoms with E-state index in [9.17, 15) is 4.79 Å². The molecule has 0 radical (unpaired) electrons. The molecule has 2 rings (SSSR count). The second kappa shape index (κ2) is 5.53. The van der Waals surface area contributed by atoms with Crippen LogP contribution >= 0.6 is 34.5 Å². The fraction of sp³-hybridized carbons (Fsp3) is 0.200. The van der Waals surface area contributed by atoms with Crippen LogP contribution in [0.5, 0.6) is 0 Å². The minimum atomic E-state index is -0.218. The molecule has 90 valence electrons. The van der Waals surface area contributed by atoms with Gasteiger partial charge in [0, 0.05) is 25.4 Å². The molecule has 0 aliphatic carbocycles. The number of hydrogen-bond donors (Lipinski definition) is 2. The summed E-state index contributed by atoms with van der Waals surface area (Å²) in [4.78, 5) is 18.7. The molecule has 2 aromatic rings. The Kier molecular flexibility index (Phi) is 4.04. The van der Waals surface area contributed by atoms with Gasteiger partial charge in [0.2, 0.25) is 0 Å². The van der Waals surface area contributed by atoms with E-state index in [-0.39, 0.29) is 5.91 Å². The lowest BCUT2D eigenvalue weighted by atomic mass is 10.3. The van der Waals surface area contributed by atoms with E-state index in [1.165, 1.54) is 11.3 Å². The van der Waals surface area contributed by atoms with Gasteiger partial charge in [0.25, 0.3) is 5.91 Å². The molecule has 0 saturated heterocycles. The van der Waals surface area contributed by atoms with Crippen molar-refractivity contribution < 1.29 is 4.79 Å². The van der Waals surface area contributed by atoms with Gasteiger partial charge in [0.05, 0.1) is 9.90 Å². The first-order valence-electron chi connectivity index (χ1n) is 4.88. The summed E-state index contributed by atoms with van der Waals surface area (Å²) in [6.45, 7) is 0.496. The highest BCUT2D eigenvalue weighted by molar-refractivity contribution is 7.20. The normalized spacial score (nSPS) is 10.5. The first kappa shape index (κ1) is 12.4. The third-order valence-electron chi connectivity index (χ3n) is 2.10. The Labute approximate surface area is 112 Å². The number of H-pyrrole nitrogens is 1. The maximum absolute atomic E-state index is 11.7. The Morgan fingerprint density at radius 3 is 2.94 bits per heavy atom. The summed E-state index contributed by atoms with van der Waals surface area (Å²) < 4.78 is 0.914. The number of carbonyl (C=O) groups is 1. The fourth-order valence-corrected chi connectivity index (χ4v) is 2.78. The third kappa shape index (κ3) is 3.21. The van der Waals surface area contributed by atoms with Crippen LogP contribution in [-0.4, -0.2) is 22.4 Å². The first-order chi connectivity index (χ1) is 8.16. The van der Waals surface area contributed by atoms with Crippen LogP contribution in [0.25, 0.3) is 0 Å². The highest BCUT2D eigenvalue weighted by Crippen LogP contribution is 2.30. The average molecular weight is 290 g/mol. The van der Waals surface area contributed by atoms with Crippen LogP contribution < -0.4 is 5.32 Å². The van der Waals surface area contributed by atoms with Crippen molar-refractivity contribution in [3.8, 4) is 0 Å². The largest absolute Gasteiger partial charge is 0.352 e. The zero-order valence-corrected chi connectivity index (χ0v) is 11.0. The first-order valence-corrected chi connectivity index (χ1v) is 6.45. The number of imidazole rings is 1. The Bertz CT molecular complexity index is 510. The fourth-order valence-electron chi connectivity index (χ4n) is 1.32.